The number of para-hydroxylation sites is 1. The fourth-order valence-corrected chi connectivity index (χ4v) is 2.29. The number of benzene rings is 2. The summed E-state index contributed by atoms with van der Waals surface area (Å²) < 4.78 is 5.56. The van der Waals surface area contributed by atoms with E-state index in [4.69, 9.17) is 16.3 Å². The molecule has 1 amide bonds. The van der Waals surface area contributed by atoms with Crippen LogP contribution in [0.25, 0.3) is 0 Å². The molecule has 7 nitrogen and oxygen atoms in total. The Balaban J connectivity index is 1.83. The third-order valence-electron chi connectivity index (χ3n) is 3.33. The van der Waals surface area contributed by atoms with E-state index >= 15 is 0 Å². The van der Waals surface area contributed by atoms with Gasteiger partial charge in [-0.15, -0.1) is 0 Å². The van der Waals surface area contributed by atoms with E-state index in [0.29, 0.717) is 18.2 Å². The van der Waals surface area contributed by atoms with E-state index < -0.39 is 4.92 Å². The highest BCUT2D eigenvalue weighted by atomic mass is 35.5. The summed E-state index contributed by atoms with van der Waals surface area (Å²) in [5, 5.41) is 13.8. The molecule has 8 heteroatoms. The van der Waals surface area contributed by atoms with Crippen LogP contribution in [0, 0.1) is 10.1 Å². The monoisotopic (exact) mass is 363 g/mol. The molecule has 132 valence electrons. The molecule has 2 aromatic carbocycles. The van der Waals surface area contributed by atoms with Crippen molar-refractivity contribution < 1.29 is 14.5 Å². The number of nitrogens with one attached hydrogen (secondary N) is 1. The van der Waals surface area contributed by atoms with Crippen molar-refractivity contribution in [2.24, 2.45) is 0 Å². The molecule has 0 heterocycles. The molecule has 1 N–H and O–H groups in total. The molecule has 0 aliphatic carbocycles. The number of nitro benzene ring substituents is 1. The lowest BCUT2D eigenvalue weighted by Gasteiger charge is -2.16. The normalized spacial score (nSPS) is 10.5. The van der Waals surface area contributed by atoms with Gasteiger partial charge < -0.3 is 10.1 Å². The predicted molar refractivity (Wildman–Crippen MR) is 96.2 cm³/mol. The highest BCUT2D eigenvalue weighted by Gasteiger charge is 2.17. The Bertz CT molecular complexity index is 740. The van der Waals surface area contributed by atoms with E-state index in [1.807, 2.05) is 30.3 Å². The first-order valence-corrected chi connectivity index (χ1v) is 7.93. The summed E-state index contributed by atoms with van der Waals surface area (Å²) in [4.78, 5) is 24.3. The van der Waals surface area contributed by atoms with Crippen molar-refractivity contribution in [3.05, 3.63) is 63.7 Å². The number of nitrogens with zero attached hydrogens (tertiary/aromatic N) is 2. The second-order valence-electron chi connectivity index (χ2n) is 5.37. The quantitative estimate of drug-likeness (QED) is 0.575. The smallest absolute Gasteiger partial charge is 0.292 e. The van der Waals surface area contributed by atoms with Gasteiger partial charge in [-0.3, -0.25) is 19.8 Å². The minimum atomic E-state index is -0.566. The zero-order valence-electron chi connectivity index (χ0n) is 13.6. The molecule has 0 radical (unpaired) electrons. The van der Waals surface area contributed by atoms with Crippen molar-refractivity contribution in [3.63, 3.8) is 0 Å². The second-order valence-corrected chi connectivity index (χ2v) is 5.80. The molecule has 0 aliphatic rings. The van der Waals surface area contributed by atoms with Crippen LogP contribution in [0.5, 0.6) is 5.75 Å². The molecule has 0 aromatic heterocycles. The van der Waals surface area contributed by atoms with Crippen molar-refractivity contribution in [1.82, 2.24) is 4.90 Å². The topological polar surface area (TPSA) is 84.7 Å². The third kappa shape index (κ3) is 6.06. The highest BCUT2D eigenvalue weighted by Crippen LogP contribution is 2.27. The van der Waals surface area contributed by atoms with Gasteiger partial charge in [-0.25, -0.2) is 0 Å². The zero-order chi connectivity index (χ0) is 18.2. The summed E-state index contributed by atoms with van der Waals surface area (Å²) in [6, 6.07) is 13.4. The van der Waals surface area contributed by atoms with Gasteiger partial charge in [0.25, 0.3) is 5.69 Å². The summed E-state index contributed by atoms with van der Waals surface area (Å²) in [5.74, 6) is 0.391. The standard InChI is InChI=1S/C17H18ClN3O4/c1-20(9-10-25-14-5-3-2-4-6-14)12-17(22)19-15-11-13(18)7-8-16(15)21(23)24/h2-8,11H,9-10,12H2,1H3,(H,19,22). The SMILES string of the molecule is CN(CCOc1ccccc1)CC(=O)Nc1cc(Cl)ccc1[N+](=O)[O-]. The molecular formula is C17H18ClN3O4. The lowest BCUT2D eigenvalue weighted by molar-refractivity contribution is -0.383. The first kappa shape index (κ1) is 18.7. The van der Waals surface area contributed by atoms with Crippen LogP contribution in [0.1, 0.15) is 0 Å². The molecule has 2 rings (SSSR count). The number of hydrogen-bond donors (Lipinski definition) is 1. The van der Waals surface area contributed by atoms with E-state index in [2.05, 4.69) is 5.32 Å². The summed E-state index contributed by atoms with van der Waals surface area (Å²) in [7, 11) is 1.76. The van der Waals surface area contributed by atoms with Gasteiger partial charge in [-0.1, -0.05) is 29.8 Å². The van der Waals surface area contributed by atoms with Gasteiger partial charge in [0.05, 0.1) is 11.5 Å². The van der Waals surface area contributed by atoms with Crippen LogP contribution in [0.4, 0.5) is 11.4 Å². The molecule has 0 aliphatic heterocycles. The number of carbonyl (C=O) groups is 1. The van der Waals surface area contributed by atoms with Crippen LogP contribution in [-0.4, -0.2) is 42.5 Å². The van der Waals surface area contributed by atoms with Gasteiger partial charge in [0.2, 0.25) is 5.91 Å². The van der Waals surface area contributed by atoms with E-state index in [1.54, 1.807) is 11.9 Å². The van der Waals surface area contributed by atoms with E-state index in [1.165, 1.54) is 18.2 Å². The molecule has 0 saturated carbocycles. The molecule has 0 saturated heterocycles. The van der Waals surface area contributed by atoms with Crippen LogP contribution in [0.15, 0.2) is 48.5 Å². The van der Waals surface area contributed by atoms with Gasteiger partial charge in [0.15, 0.2) is 0 Å². The number of hydrogen-bond acceptors (Lipinski definition) is 5. The van der Waals surface area contributed by atoms with Crippen LogP contribution < -0.4 is 10.1 Å². The largest absolute Gasteiger partial charge is 0.492 e. The number of ether oxygens (including phenoxy) is 1. The van der Waals surface area contributed by atoms with Crippen LogP contribution in [0.3, 0.4) is 0 Å². The van der Waals surface area contributed by atoms with E-state index in [9.17, 15) is 14.9 Å². The van der Waals surface area contributed by atoms with Crippen molar-refractivity contribution in [3.8, 4) is 5.75 Å². The Morgan fingerprint density at radius 2 is 2.00 bits per heavy atom. The Hall–Kier alpha value is -2.64. The zero-order valence-corrected chi connectivity index (χ0v) is 14.4. The summed E-state index contributed by atoms with van der Waals surface area (Å²) in [6.45, 7) is 1.02. The minimum Gasteiger partial charge on any atom is -0.492 e. The van der Waals surface area contributed by atoms with E-state index in [-0.39, 0.29) is 23.8 Å². The van der Waals surface area contributed by atoms with E-state index in [0.717, 1.165) is 5.75 Å². The highest BCUT2D eigenvalue weighted by molar-refractivity contribution is 6.31. The van der Waals surface area contributed by atoms with Crippen LogP contribution in [0.2, 0.25) is 5.02 Å². The van der Waals surface area contributed by atoms with Crippen molar-refractivity contribution >= 4 is 28.9 Å². The van der Waals surface area contributed by atoms with Crippen molar-refractivity contribution in [2.75, 3.05) is 32.1 Å². The fourth-order valence-electron chi connectivity index (χ4n) is 2.12. The lowest BCUT2D eigenvalue weighted by atomic mass is 10.2. The Kier molecular flexibility index (Phi) is 6.73. The Morgan fingerprint density at radius 3 is 2.68 bits per heavy atom. The van der Waals surface area contributed by atoms with Crippen molar-refractivity contribution in [2.45, 2.75) is 0 Å². The number of nitro groups is 1. The number of amides is 1. The average molecular weight is 364 g/mol. The van der Waals surface area contributed by atoms with Gasteiger partial charge >= 0.3 is 0 Å². The molecule has 0 spiro atoms. The van der Waals surface area contributed by atoms with Gasteiger partial charge in [-0.2, -0.15) is 0 Å². The number of anilines is 1. The molecule has 25 heavy (non-hydrogen) atoms. The molecule has 0 atom stereocenters. The van der Waals surface area contributed by atoms with Gasteiger partial charge in [0, 0.05) is 17.6 Å². The van der Waals surface area contributed by atoms with Crippen molar-refractivity contribution in [1.29, 1.82) is 0 Å². The summed E-state index contributed by atoms with van der Waals surface area (Å²) in [5.41, 5.74) is -0.121. The minimum absolute atomic E-state index is 0.0712. The molecule has 0 unspecified atom stereocenters. The second kappa shape index (κ2) is 9.00. The maximum Gasteiger partial charge on any atom is 0.292 e. The summed E-state index contributed by atoms with van der Waals surface area (Å²) >= 11 is 5.84. The number of halogens is 1. The number of likely N-dealkylation sites (N-methyl/N-ethyl adjacent to an activating group) is 1. The first-order valence-electron chi connectivity index (χ1n) is 7.56. The first-order chi connectivity index (χ1) is 12.0. The third-order valence-corrected chi connectivity index (χ3v) is 3.56. The lowest BCUT2D eigenvalue weighted by Crippen LogP contribution is -2.33. The number of rotatable bonds is 8. The predicted octanol–water partition coefficient (Wildman–Crippen LogP) is 3.20. The number of carbonyl (C=O) groups excluding carboxylic acids is 1. The molecule has 0 bridgehead atoms. The average Bonchev–Trinajstić information content (AvgIpc) is 2.55. The summed E-state index contributed by atoms with van der Waals surface area (Å²) in [6.07, 6.45) is 0. The molecular weight excluding hydrogens is 346 g/mol. The van der Waals surface area contributed by atoms with Gasteiger partial charge in [-0.05, 0) is 31.3 Å². The van der Waals surface area contributed by atoms with Crippen LogP contribution in [-0.2, 0) is 4.79 Å². The van der Waals surface area contributed by atoms with Gasteiger partial charge in [0.1, 0.15) is 18.0 Å². The van der Waals surface area contributed by atoms with Crippen LogP contribution >= 0.6 is 11.6 Å². The maximum absolute atomic E-state index is 12.1. The molecule has 0 fully saturated rings. The molecule has 2 aromatic rings. The fraction of sp³-hybridized carbons (Fsp3) is 0.235. The maximum atomic E-state index is 12.1. The Labute approximate surface area is 150 Å². The Morgan fingerprint density at radius 1 is 1.28 bits per heavy atom.